The van der Waals surface area contributed by atoms with E-state index in [2.05, 4.69) is 17.0 Å². The number of ether oxygens (including phenoxy) is 2. The Morgan fingerprint density at radius 3 is 2.83 bits per heavy atom. The van der Waals surface area contributed by atoms with E-state index in [1.54, 1.807) is 17.6 Å². The van der Waals surface area contributed by atoms with E-state index in [0.717, 1.165) is 49.5 Å². The normalized spacial score (nSPS) is 14.8. The lowest BCUT2D eigenvalue weighted by atomic mass is 10.1. The molecule has 2 N–H and O–H groups in total. The average Bonchev–Trinajstić information content (AvgIpc) is 3.16. The number of rotatable bonds is 7. The van der Waals surface area contributed by atoms with E-state index >= 15 is 0 Å². The second kappa shape index (κ2) is 9.09. The first kappa shape index (κ1) is 19.4. The molecule has 7 heteroatoms. The van der Waals surface area contributed by atoms with E-state index in [9.17, 15) is 4.79 Å². The van der Waals surface area contributed by atoms with Crippen LogP contribution in [0.15, 0.2) is 54.7 Å². The Bertz CT molecular complexity index is 979. The van der Waals surface area contributed by atoms with Gasteiger partial charge in [-0.2, -0.15) is 0 Å². The summed E-state index contributed by atoms with van der Waals surface area (Å²) >= 11 is 0. The van der Waals surface area contributed by atoms with Gasteiger partial charge in [-0.25, -0.2) is 5.48 Å². The lowest BCUT2D eigenvalue weighted by molar-refractivity contribution is 0.0341. The number of fused-ring (bicyclic) bond motifs is 1. The standard InChI is InChI=1S/C22H25N3O4/c26-22(23-27)19-5-4-18-6-7-25(21(18)15-19)10-13-29-20-3-1-2-17(14-20)16-24-8-11-28-12-9-24/h1-7,14-15,27H,8-13,16H2,(H,23,26). The highest BCUT2D eigenvalue weighted by Crippen LogP contribution is 2.19. The van der Waals surface area contributed by atoms with Crippen molar-refractivity contribution in [2.75, 3.05) is 32.9 Å². The summed E-state index contributed by atoms with van der Waals surface area (Å²) in [4.78, 5) is 14.0. The summed E-state index contributed by atoms with van der Waals surface area (Å²) < 4.78 is 13.4. The van der Waals surface area contributed by atoms with Crippen molar-refractivity contribution in [1.29, 1.82) is 0 Å². The smallest absolute Gasteiger partial charge is 0.274 e. The number of amides is 1. The van der Waals surface area contributed by atoms with Gasteiger partial charge in [-0.1, -0.05) is 18.2 Å². The molecule has 1 saturated heterocycles. The number of hydrogen-bond acceptors (Lipinski definition) is 5. The zero-order valence-corrected chi connectivity index (χ0v) is 16.2. The zero-order valence-electron chi connectivity index (χ0n) is 16.2. The fraction of sp³-hybridized carbons (Fsp3) is 0.318. The average molecular weight is 395 g/mol. The summed E-state index contributed by atoms with van der Waals surface area (Å²) in [5.74, 6) is 0.334. The number of morpholine rings is 1. The van der Waals surface area contributed by atoms with Crippen molar-refractivity contribution in [2.24, 2.45) is 0 Å². The van der Waals surface area contributed by atoms with E-state index in [-0.39, 0.29) is 0 Å². The topological polar surface area (TPSA) is 76.0 Å². The summed E-state index contributed by atoms with van der Waals surface area (Å²) in [5, 5.41) is 9.87. The second-order valence-electron chi connectivity index (χ2n) is 7.11. The van der Waals surface area contributed by atoms with Gasteiger partial charge in [0.15, 0.2) is 0 Å². The minimum Gasteiger partial charge on any atom is -0.492 e. The van der Waals surface area contributed by atoms with E-state index < -0.39 is 5.91 Å². The molecule has 2 aromatic carbocycles. The fourth-order valence-corrected chi connectivity index (χ4v) is 3.60. The fourth-order valence-electron chi connectivity index (χ4n) is 3.60. The van der Waals surface area contributed by atoms with Gasteiger partial charge in [0.25, 0.3) is 5.91 Å². The number of benzene rings is 2. The number of aromatic nitrogens is 1. The zero-order chi connectivity index (χ0) is 20.1. The number of carbonyl (C=O) groups is 1. The Hall–Kier alpha value is -2.87. The molecule has 1 aliphatic heterocycles. The monoisotopic (exact) mass is 395 g/mol. The van der Waals surface area contributed by atoms with Crippen LogP contribution < -0.4 is 10.2 Å². The highest BCUT2D eigenvalue weighted by molar-refractivity contribution is 5.97. The third kappa shape index (κ3) is 4.76. The maximum absolute atomic E-state index is 11.7. The third-order valence-corrected chi connectivity index (χ3v) is 5.15. The summed E-state index contributed by atoms with van der Waals surface area (Å²) in [6, 6.07) is 15.5. The minimum absolute atomic E-state index is 0.414. The Kier molecular flexibility index (Phi) is 6.09. The van der Waals surface area contributed by atoms with Gasteiger partial charge in [0.2, 0.25) is 0 Å². The molecule has 1 aromatic heterocycles. The predicted molar refractivity (Wildman–Crippen MR) is 109 cm³/mol. The number of hydrogen-bond donors (Lipinski definition) is 2. The molecule has 1 fully saturated rings. The van der Waals surface area contributed by atoms with Crippen molar-refractivity contribution < 1.29 is 19.5 Å². The minimum atomic E-state index is -0.520. The van der Waals surface area contributed by atoms with Crippen LogP contribution in [0.25, 0.3) is 10.9 Å². The van der Waals surface area contributed by atoms with Gasteiger partial charge in [0, 0.05) is 36.9 Å². The van der Waals surface area contributed by atoms with Gasteiger partial charge in [-0.3, -0.25) is 14.9 Å². The molecule has 0 unspecified atom stereocenters. The largest absolute Gasteiger partial charge is 0.492 e. The van der Waals surface area contributed by atoms with Gasteiger partial charge in [-0.15, -0.1) is 0 Å². The van der Waals surface area contributed by atoms with Crippen molar-refractivity contribution in [1.82, 2.24) is 14.9 Å². The Morgan fingerprint density at radius 2 is 2.00 bits per heavy atom. The first-order valence-corrected chi connectivity index (χ1v) is 9.78. The number of hydroxylamine groups is 1. The predicted octanol–water partition coefficient (Wildman–Crippen LogP) is 2.67. The Morgan fingerprint density at radius 1 is 1.14 bits per heavy atom. The molecule has 0 bridgehead atoms. The molecule has 0 saturated carbocycles. The molecule has 2 heterocycles. The van der Waals surface area contributed by atoms with Crippen LogP contribution in [0.2, 0.25) is 0 Å². The first-order chi connectivity index (χ1) is 14.2. The molecule has 152 valence electrons. The van der Waals surface area contributed by atoms with Crippen LogP contribution in [0.5, 0.6) is 5.75 Å². The maximum Gasteiger partial charge on any atom is 0.274 e. The quantitative estimate of drug-likeness (QED) is 0.475. The van der Waals surface area contributed by atoms with Crippen molar-refractivity contribution in [2.45, 2.75) is 13.1 Å². The van der Waals surface area contributed by atoms with Gasteiger partial charge in [0.1, 0.15) is 12.4 Å². The molecule has 0 radical (unpaired) electrons. The van der Waals surface area contributed by atoms with E-state index in [4.69, 9.17) is 14.7 Å². The Labute approximate surface area is 169 Å². The first-order valence-electron chi connectivity index (χ1n) is 9.78. The van der Waals surface area contributed by atoms with Crippen LogP contribution in [0.1, 0.15) is 15.9 Å². The number of carbonyl (C=O) groups excluding carboxylic acids is 1. The molecular weight excluding hydrogens is 370 g/mol. The molecule has 0 aliphatic carbocycles. The second-order valence-corrected chi connectivity index (χ2v) is 7.11. The molecular formula is C22H25N3O4. The van der Waals surface area contributed by atoms with Crippen LogP contribution in [0, 0.1) is 0 Å². The molecule has 4 rings (SSSR count). The van der Waals surface area contributed by atoms with Gasteiger partial charge in [-0.05, 0) is 41.3 Å². The molecule has 29 heavy (non-hydrogen) atoms. The van der Waals surface area contributed by atoms with E-state index in [1.807, 2.05) is 35.0 Å². The maximum atomic E-state index is 11.7. The number of nitrogens with one attached hydrogen (secondary N) is 1. The molecule has 1 amide bonds. The van der Waals surface area contributed by atoms with Gasteiger partial charge < -0.3 is 14.0 Å². The summed E-state index contributed by atoms with van der Waals surface area (Å²) in [6.07, 6.45) is 1.98. The lowest BCUT2D eigenvalue weighted by Gasteiger charge is -2.26. The van der Waals surface area contributed by atoms with Crippen molar-refractivity contribution in [3.63, 3.8) is 0 Å². The molecule has 3 aromatic rings. The van der Waals surface area contributed by atoms with Crippen LogP contribution in [0.4, 0.5) is 0 Å². The van der Waals surface area contributed by atoms with Crippen molar-refractivity contribution >= 4 is 16.8 Å². The highest BCUT2D eigenvalue weighted by atomic mass is 16.5. The van der Waals surface area contributed by atoms with Gasteiger partial charge in [0.05, 0.1) is 19.8 Å². The van der Waals surface area contributed by atoms with Crippen LogP contribution >= 0.6 is 0 Å². The van der Waals surface area contributed by atoms with E-state index in [0.29, 0.717) is 18.7 Å². The lowest BCUT2D eigenvalue weighted by Crippen LogP contribution is -2.35. The van der Waals surface area contributed by atoms with Crippen LogP contribution in [-0.2, 0) is 17.8 Å². The van der Waals surface area contributed by atoms with E-state index in [1.165, 1.54) is 5.56 Å². The summed E-state index contributed by atoms with van der Waals surface area (Å²) in [5.41, 5.74) is 4.25. The SMILES string of the molecule is O=C(NO)c1ccc2ccn(CCOc3cccc(CN4CCOCC4)c3)c2c1. The number of nitrogens with zero attached hydrogens (tertiary/aromatic N) is 2. The third-order valence-electron chi connectivity index (χ3n) is 5.15. The van der Waals surface area contributed by atoms with Crippen molar-refractivity contribution in [3.05, 3.63) is 65.9 Å². The van der Waals surface area contributed by atoms with Crippen molar-refractivity contribution in [3.8, 4) is 5.75 Å². The summed E-state index contributed by atoms with van der Waals surface area (Å²) in [6.45, 7) is 5.58. The Balaban J connectivity index is 1.37. The molecule has 7 nitrogen and oxygen atoms in total. The highest BCUT2D eigenvalue weighted by Gasteiger charge is 2.11. The summed E-state index contributed by atoms with van der Waals surface area (Å²) in [7, 11) is 0. The molecule has 1 aliphatic rings. The van der Waals surface area contributed by atoms with Gasteiger partial charge >= 0.3 is 0 Å². The molecule has 0 atom stereocenters. The van der Waals surface area contributed by atoms with Crippen LogP contribution in [-0.4, -0.2) is 53.5 Å². The van der Waals surface area contributed by atoms with Crippen LogP contribution in [0.3, 0.4) is 0 Å². The molecule has 0 spiro atoms.